The number of aromatic nitrogens is 2. The van der Waals surface area contributed by atoms with Crippen molar-refractivity contribution in [3.05, 3.63) is 77.1 Å². The maximum Gasteiger partial charge on any atom is 0.573 e. The van der Waals surface area contributed by atoms with E-state index >= 15 is 0 Å². The molecule has 4 rings (SSSR count). The molecule has 0 aliphatic carbocycles. The molecule has 2 heterocycles. The van der Waals surface area contributed by atoms with Crippen LogP contribution in [0.1, 0.15) is 23.6 Å². The van der Waals surface area contributed by atoms with Gasteiger partial charge in [-0.1, -0.05) is 23.7 Å². The summed E-state index contributed by atoms with van der Waals surface area (Å²) in [5.41, 5.74) is -0.672. The van der Waals surface area contributed by atoms with Gasteiger partial charge in [-0.05, 0) is 42.8 Å². The van der Waals surface area contributed by atoms with Gasteiger partial charge in [0.05, 0.1) is 34.6 Å². The van der Waals surface area contributed by atoms with E-state index in [0.29, 0.717) is 0 Å². The molecular weight excluding hydrogens is 554 g/mol. The van der Waals surface area contributed by atoms with Gasteiger partial charge in [-0.2, -0.15) is 28.6 Å². The van der Waals surface area contributed by atoms with Gasteiger partial charge in [0.25, 0.3) is 0 Å². The highest BCUT2D eigenvalue weighted by atomic mass is 35.5. The largest absolute Gasteiger partial charge is 0.573 e. The Balaban J connectivity index is 1.70. The van der Waals surface area contributed by atoms with Crippen LogP contribution in [-0.4, -0.2) is 46.0 Å². The Morgan fingerprint density at radius 3 is 2.46 bits per heavy atom. The van der Waals surface area contributed by atoms with Crippen LogP contribution >= 0.6 is 11.6 Å². The summed E-state index contributed by atoms with van der Waals surface area (Å²) >= 11 is 5.98. The topological polar surface area (TPSA) is 86.8 Å². The molecule has 1 atom stereocenters. The maximum absolute atomic E-state index is 13.4. The summed E-state index contributed by atoms with van der Waals surface area (Å²) < 4.78 is 83.0. The highest BCUT2D eigenvalue weighted by molar-refractivity contribution is 6.30. The number of anilines is 1. The van der Waals surface area contributed by atoms with E-state index in [0.717, 1.165) is 46.3 Å². The van der Waals surface area contributed by atoms with Gasteiger partial charge in [-0.3, -0.25) is 9.58 Å². The number of amides is 2. The second-order valence-electron chi connectivity index (χ2n) is 8.20. The number of hydrogen-bond donors (Lipinski definition) is 0. The van der Waals surface area contributed by atoms with E-state index in [9.17, 15) is 36.4 Å². The summed E-state index contributed by atoms with van der Waals surface area (Å²) in [5, 5.41) is 19.0. The zero-order valence-electron chi connectivity index (χ0n) is 19.6. The fraction of sp³-hybridized carbons (Fsp3) is 0.250. The molecule has 1 aromatic heterocycles. The number of hydrazone groups is 1. The van der Waals surface area contributed by atoms with Gasteiger partial charge in [-0.25, -0.2) is 9.80 Å². The van der Waals surface area contributed by atoms with Gasteiger partial charge >= 0.3 is 18.6 Å². The number of nitrogens with zero attached hydrogens (tertiary/aromatic N) is 6. The number of ether oxygens (including phenoxy) is 1. The molecule has 39 heavy (non-hydrogen) atoms. The van der Waals surface area contributed by atoms with Gasteiger partial charge in [0.2, 0.25) is 0 Å². The van der Waals surface area contributed by atoms with E-state index in [4.69, 9.17) is 11.6 Å². The number of carbonyl (C=O) groups excluding carboxylic acids is 1. The lowest BCUT2D eigenvalue weighted by molar-refractivity contribution is -0.274. The molecule has 2 aromatic carbocycles. The second kappa shape index (κ2) is 10.9. The van der Waals surface area contributed by atoms with Crippen molar-refractivity contribution in [1.82, 2.24) is 14.8 Å². The van der Waals surface area contributed by atoms with Crippen molar-refractivity contribution in [1.29, 1.82) is 5.26 Å². The molecule has 0 saturated carbocycles. The first-order chi connectivity index (χ1) is 18.4. The van der Waals surface area contributed by atoms with Crippen molar-refractivity contribution in [3.63, 3.8) is 0 Å². The Morgan fingerprint density at radius 2 is 1.87 bits per heavy atom. The van der Waals surface area contributed by atoms with Crippen LogP contribution in [-0.2, 0) is 6.18 Å². The molecule has 204 valence electrons. The molecule has 1 unspecified atom stereocenters. The number of nitriles is 1. The minimum absolute atomic E-state index is 0.0133. The zero-order valence-corrected chi connectivity index (χ0v) is 20.4. The Kier molecular flexibility index (Phi) is 7.73. The van der Waals surface area contributed by atoms with Crippen LogP contribution < -0.4 is 9.64 Å². The molecule has 15 heteroatoms. The Hall–Kier alpha value is -4.25. The number of benzene rings is 2. The Morgan fingerprint density at radius 1 is 1.15 bits per heavy atom. The fourth-order valence-electron chi connectivity index (χ4n) is 3.92. The Bertz CT molecular complexity index is 1410. The lowest BCUT2D eigenvalue weighted by Crippen LogP contribution is -2.45. The summed E-state index contributed by atoms with van der Waals surface area (Å²) in [6, 6.07) is 9.01. The van der Waals surface area contributed by atoms with Crippen molar-refractivity contribution in [3.8, 4) is 11.8 Å². The third kappa shape index (κ3) is 6.61. The van der Waals surface area contributed by atoms with E-state index in [-0.39, 0.29) is 35.0 Å². The van der Waals surface area contributed by atoms with Gasteiger partial charge in [0.1, 0.15) is 12.3 Å². The van der Waals surface area contributed by atoms with Crippen LogP contribution in [0.4, 0.5) is 36.8 Å². The first-order valence-corrected chi connectivity index (χ1v) is 11.5. The lowest BCUT2D eigenvalue weighted by atomic mass is 9.97. The number of rotatable bonds is 5. The van der Waals surface area contributed by atoms with E-state index in [1.807, 2.05) is 6.07 Å². The predicted molar refractivity (Wildman–Crippen MR) is 127 cm³/mol. The molecule has 0 radical (unpaired) electrons. The highest BCUT2D eigenvalue weighted by Crippen LogP contribution is 2.33. The van der Waals surface area contributed by atoms with Crippen molar-refractivity contribution >= 4 is 29.0 Å². The van der Waals surface area contributed by atoms with E-state index in [1.165, 1.54) is 29.2 Å². The molecule has 0 bridgehead atoms. The summed E-state index contributed by atoms with van der Waals surface area (Å²) in [6.07, 6.45) is -6.54. The monoisotopic (exact) mass is 570 g/mol. The molecule has 1 aliphatic rings. The number of urea groups is 1. The summed E-state index contributed by atoms with van der Waals surface area (Å²) in [6.45, 7) is -0.498. The van der Waals surface area contributed by atoms with Crippen LogP contribution in [0, 0.1) is 11.3 Å². The SMILES string of the molecule is N#CCN(C(=O)N1CCC(n2cc(Cl)cn2)C(c2cccc(C(F)(F)F)c2)=N1)c1ccc(OC(F)(F)F)cc1. The fourth-order valence-corrected chi connectivity index (χ4v) is 4.07. The molecule has 1 aliphatic heterocycles. The average molecular weight is 571 g/mol. The van der Waals surface area contributed by atoms with E-state index in [1.54, 1.807) is 0 Å². The van der Waals surface area contributed by atoms with Gasteiger partial charge in [0, 0.05) is 24.0 Å². The molecule has 0 fully saturated rings. The molecule has 2 amide bonds. The van der Waals surface area contributed by atoms with E-state index in [2.05, 4.69) is 14.9 Å². The number of halogens is 7. The highest BCUT2D eigenvalue weighted by Gasteiger charge is 2.35. The van der Waals surface area contributed by atoms with Crippen LogP contribution in [0.15, 0.2) is 66.0 Å². The van der Waals surface area contributed by atoms with Crippen molar-refractivity contribution in [2.24, 2.45) is 5.10 Å². The molecule has 0 N–H and O–H groups in total. The standard InChI is InChI=1S/C24H17ClF6N6O2/c25-17-13-33-37(14-17)20-8-10-36(34-21(20)15-2-1-3-16(12-15)23(26,27)28)22(38)35(11-9-32)18-4-6-19(7-5-18)39-24(29,30)31/h1-7,12-14,20H,8,10-11H2. The third-order valence-electron chi connectivity index (χ3n) is 5.60. The summed E-state index contributed by atoms with van der Waals surface area (Å²) in [7, 11) is 0. The van der Waals surface area contributed by atoms with Crippen molar-refractivity contribution < 1.29 is 35.9 Å². The first kappa shape index (κ1) is 27.8. The molecule has 0 saturated heterocycles. The van der Waals surface area contributed by atoms with Crippen molar-refractivity contribution in [2.75, 3.05) is 18.0 Å². The number of hydrogen-bond acceptors (Lipinski definition) is 5. The number of carbonyl (C=O) groups is 1. The minimum Gasteiger partial charge on any atom is -0.406 e. The zero-order chi connectivity index (χ0) is 28.4. The molecule has 8 nitrogen and oxygen atoms in total. The summed E-state index contributed by atoms with van der Waals surface area (Å²) in [5.74, 6) is -0.529. The van der Waals surface area contributed by atoms with Crippen LogP contribution in [0.5, 0.6) is 5.75 Å². The van der Waals surface area contributed by atoms with E-state index < -0.39 is 42.5 Å². The second-order valence-corrected chi connectivity index (χ2v) is 8.63. The molecule has 0 spiro atoms. The van der Waals surface area contributed by atoms with Gasteiger partial charge in [0.15, 0.2) is 0 Å². The lowest BCUT2D eigenvalue weighted by Gasteiger charge is -2.33. The van der Waals surface area contributed by atoms with Gasteiger partial charge in [-0.15, -0.1) is 13.2 Å². The average Bonchev–Trinajstić information content (AvgIpc) is 3.32. The predicted octanol–water partition coefficient (Wildman–Crippen LogP) is 6.26. The normalized spacial score (nSPS) is 15.9. The van der Waals surface area contributed by atoms with Crippen LogP contribution in [0.25, 0.3) is 0 Å². The first-order valence-electron chi connectivity index (χ1n) is 11.1. The van der Waals surface area contributed by atoms with Crippen molar-refractivity contribution in [2.45, 2.75) is 25.0 Å². The Labute approximate surface area is 222 Å². The minimum atomic E-state index is -4.92. The molecule has 3 aromatic rings. The maximum atomic E-state index is 13.4. The third-order valence-corrected chi connectivity index (χ3v) is 5.79. The smallest absolute Gasteiger partial charge is 0.406 e. The molecular formula is C24H17ClF6N6O2. The van der Waals surface area contributed by atoms with Crippen LogP contribution in [0.3, 0.4) is 0 Å². The quantitative estimate of drug-likeness (QED) is 0.268. The van der Waals surface area contributed by atoms with Gasteiger partial charge < -0.3 is 4.74 Å². The van der Waals surface area contributed by atoms with Crippen LogP contribution in [0.2, 0.25) is 5.02 Å². The summed E-state index contributed by atoms with van der Waals surface area (Å²) in [4.78, 5) is 14.4. The number of alkyl halides is 6.